The molecule has 2 aliphatic rings. The lowest BCUT2D eigenvalue weighted by Gasteiger charge is -2.23. The van der Waals surface area contributed by atoms with Crippen LogP contribution in [-0.2, 0) is 0 Å². The van der Waals surface area contributed by atoms with Gasteiger partial charge in [0.05, 0.1) is 10.6 Å². The molecular weight excluding hydrogens is 230 g/mol. The van der Waals surface area contributed by atoms with Crippen molar-refractivity contribution in [3.05, 3.63) is 40.4 Å². The van der Waals surface area contributed by atoms with Gasteiger partial charge >= 0.3 is 0 Å². The van der Waals surface area contributed by atoms with Gasteiger partial charge in [-0.3, -0.25) is 4.79 Å². The molecule has 17 heavy (non-hydrogen) atoms. The van der Waals surface area contributed by atoms with E-state index in [4.69, 9.17) is 0 Å². The maximum absolute atomic E-state index is 12.0. The van der Waals surface area contributed by atoms with Crippen molar-refractivity contribution in [3.63, 3.8) is 0 Å². The first-order valence-corrected chi connectivity index (χ1v) is 6.96. The largest absolute Gasteiger partial charge is 0.316 e. The van der Waals surface area contributed by atoms with Gasteiger partial charge in [0.15, 0.2) is 0 Å². The van der Waals surface area contributed by atoms with Crippen molar-refractivity contribution in [1.29, 1.82) is 0 Å². The first kappa shape index (κ1) is 10.9. The Hall–Kier alpha value is -1.22. The molecule has 1 amide bonds. The Morgan fingerprint density at radius 3 is 2.65 bits per heavy atom. The lowest BCUT2D eigenvalue weighted by Crippen LogP contribution is -2.27. The molecule has 0 bridgehead atoms. The van der Waals surface area contributed by atoms with Crippen LogP contribution in [0.15, 0.2) is 39.8 Å². The number of thioether (sulfide) groups is 1. The fourth-order valence-corrected chi connectivity index (χ4v) is 3.54. The minimum absolute atomic E-state index is 0.0485. The highest BCUT2D eigenvalue weighted by atomic mass is 32.2. The Bertz CT molecular complexity index is 485. The number of fused-ring (bicyclic) bond motifs is 1. The van der Waals surface area contributed by atoms with E-state index in [0.29, 0.717) is 0 Å². The van der Waals surface area contributed by atoms with Crippen molar-refractivity contribution in [2.45, 2.75) is 37.0 Å². The number of carbonyl (C=O) groups excluding carboxylic acids is 1. The fraction of sp³-hybridized carbons (Fsp3) is 0.357. The third-order valence-electron chi connectivity index (χ3n) is 3.35. The minimum atomic E-state index is 0.0485. The van der Waals surface area contributed by atoms with Crippen molar-refractivity contribution in [3.8, 4) is 0 Å². The highest BCUT2D eigenvalue weighted by Gasteiger charge is 2.23. The van der Waals surface area contributed by atoms with Gasteiger partial charge in [0, 0.05) is 4.90 Å². The molecule has 3 heteroatoms. The van der Waals surface area contributed by atoms with Crippen LogP contribution in [0.3, 0.4) is 0 Å². The zero-order chi connectivity index (χ0) is 11.7. The molecule has 0 saturated heterocycles. The Morgan fingerprint density at radius 1 is 1.06 bits per heavy atom. The summed E-state index contributed by atoms with van der Waals surface area (Å²) in [6.07, 6.45) is 6.13. The molecule has 1 aromatic rings. The highest BCUT2D eigenvalue weighted by molar-refractivity contribution is 8.03. The molecule has 0 aromatic heterocycles. The van der Waals surface area contributed by atoms with Crippen LogP contribution < -0.4 is 5.32 Å². The van der Waals surface area contributed by atoms with E-state index >= 15 is 0 Å². The van der Waals surface area contributed by atoms with Crippen molar-refractivity contribution >= 4 is 17.7 Å². The average molecular weight is 245 g/mol. The van der Waals surface area contributed by atoms with Gasteiger partial charge < -0.3 is 5.32 Å². The van der Waals surface area contributed by atoms with Crippen molar-refractivity contribution in [2.75, 3.05) is 0 Å². The molecule has 0 spiro atoms. The second-order valence-electron chi connectivity index (χ2n) is 4.55. The third-order valence-corrected chi connectivity index (χ3v) is 4.52. The van der Waals surface area contributed by atoms with Crippen molar-refractivity contribution in [2.24, 2.45) is 0 Å². The zero-order valence-corrected chi connectivity index (χ0v) is 10.5. The van der Waals surface area contributed by atoms with E-state index in [1.165, 1.54) is 24.8 Å². The Kier molecular flexibility index (Phi) is 2.93. The predicted molar refractivity (Wildman–Crippen MR) is 69.9 cm³/mol. The number of amides is 1. The first-order chi connectivity index (χ1) is 8.34. The summed E-state index contributed by atoms with van der Waals surface area (Å²) in [6.45, 7) is 0. The van der Waals surface area contributed by atoms with Gasteiger partial charge in [-0.15, -0.1) is 0 Å². The molecule has 0 atom stereocenters. The number of hydrogen-bond donors (Lipinski definition) is 1. The fourth-order valence-electron chi connectivity index (χ4n) is 2.42. The quantitative estimate of drug-likeness (QED) is 0.755. The number of allylic oxidation sites excluding steroid dienone is 1. The molecule has 1 aliphatic carbocycles. The summed E-state index contributed by atoms with van der Waals surface area (Å²) in [5, 5.41) is 4.14. The number of rotatable bonds is 0. The van der Waals surface area contributed by atoms with Gasteiger partial charge in [0.25, 0.3) is 5.91 Å². The van der Waals surface area contributed by atoms with Crippen LogP contribution in [0.5, 0.6) is 0 Å². The normalized spacial score (nSPS) is 19.9. The van der Waals surface area contributed by atoms with Crippen LogP contribution in [0.4, 0.5) is 0 Å². The van der Waals surface area contributed by atoms with Crippen LogP contribution in [-0.4, -0.2) is 5.91 Å². The average Bonchev–Trinajstić information content (AvgIpc) is 2.40. The minimum Gasteiger partial charge on any atom is -0.316 e. The standard InChI is InChI=1S/C14H15NOS/c16-13-11-8-4-5-9-12(11)17-14(15-13)10-6-2-1-3-7-10/h4-5,8-9H,1-3,6-7H2,(H,15,16). The predicted octanol–water partition coefficient (Wildman–Crippen LogP) is 3.70. The molecule has 1 aromatic carbocycles. The summed E-state index contributed by atoms with van der Waals surface area (Å²) in [4.78, 5) is 13.1. The number of benzene rings is 1. The lowest BCUT2D eigenvalue weighted by atomic mass is 9.95. The zero-order valence-electron chi connectivity index (χ0n) is 9.66. The van der Waals surface area contributed by atoms with E-state index in [-0.39, 0.29) is 5.91 Å². The van der Waals surface area contributed by atoms with E-state index in [1.54, 1.807) is 11.8 Å². The van der Waals surface area contributed by atoms with Crippen LogP contribution in [0.2, 0.25) is 0 Å². The second-order valence-corrected chi connectivity index (χ2v) is 5.60. The first-order valence-electron chi connectivity index (χ1n) is 6.15. The number of carbonyl (C=O) groups is 1. The van der Waals surface area contributed by atoms with Crippen LogP contribution >= 0.6 is 11.8 Å². The maximum Gasteiger partial charge on any atom is 0.257 e. The van der Waals surface area contributed by atoms with Gasteiger partial charge in [0.1, 0.15) is 0 Å². The summed E-state index contributed by atoms with van der Waals surface area (Å²) in [6, 6.07) is 7.83. The van der Waals surface area contributed by atoms with Gasteiger partial charge in [-0.1, -0.05) is 30.3 Å². The molecule has 1 saturated carbocycles. The molecule has 3 rings (SSSR count). The van der Waals surface area contributed by atoms with E-state index in [9.17, 15) is 4.79 Å². The Labute approximate surface area is 105 Å². The molecule has 0 radical (unpaired) electrons. The molecule has 1 N–H and O–H groups in total. The molecule has 1 aliphatic heterocycles. The molecule has 88 valence electrons. The Morgan fingerprint density at radius 2 is 1.82 bits per heavy atom. The van der Waals surface area contributed by atoms with Gasteiger partial charge in [-0.2, -0.15) is 0 Å². The molecule has 2 nitrogen and oxygen atoms in total. The van der Waals surface area contributed by atoms with Crippen LogP contribution in [0.25, 0.3) is 0 Å². The summed E-state index contributed by atoms with van der Waals surface area (Å²) in [5.74, 6) is 0.0485. The van der Waals surface area contributed by atoms with Crippen molar-refractivity contribution < 1.29 is 4.79 Å². The summed E-state index contributed by atoms with van der Waals surface area (Å²) in [5.41, 5.74) is 2.24. The van der Waals surface area contributed by atoms with E-state index in [1.807, 2.05) is 24.3 Å². The maximum atomic E-state index is 12.0. The third kappa shape index (κ3) is 2.12. The van der Waals surface area contributed by atoms with Crippen molar-refractivity contribution in [1.82, 2.24) is 5.32 Å². The molecule has 1 heterocycles. The van der Waals surface area contributed by atoms with E-state index in [0.717, 1.165) is 28.3 Å². The summed E-state index contributed by atoms with van der Waals surface area (Å²) >= 11 is 1.71. The van der Waals surface area contributed by atoms with Crippen LogP contribution in [0.1, 0.15) is 42.5 Å². The number of hydrogen-bond acceptors (Lipinski definition) is 2. The topological polar surface area (TPSA) is 29.1 Å². The van der Waals surface area contributed by atoms with Gasteiger partial charge in [0.2, 0.25) is 0 Å². The monoisotopic (exact) mass is 245 g/mol. The Balaban J connectivity index is 1.95. The summed E-state index contributed by atoms with van der Waals surface area (Å²) in [7, 11) is 0. The van der Waals surface area contributed by atoms with Gasteiger partial charge in [-0.05, 0) is 43.4 Å². The molecule has 0 unspecified atom stereocenters. The smallest absolute Gasteiger partial charge is 0.257 e. The number of nitrogens with one attached hydrogen (secondary N) is 1. The highest BCUT2D eigenvalue weighted by Crippen LogP contribution is 2.37. The molecule has 1 fully saturated rings. The second kappa shape index (κ2) is 4.57. The lowest BCUT2D eigenvalue weighted by molar-refractivity contribution is 0.0963. The van der Waals surface area contributed by atoms with Gasteiger partial charge in [-0.25, -0.2) is 0 Å². The van der Waals surface area contributed by atoms with E-state index < -0.39 is 0 Å². The SMILES string of the molecule is O=C1NC(=C2CCCCC2)Sc2ccccc21. The van der Waals surface area contributed by atoms with Crippen LogP contribution in [0, 0.1) is 0 Å². The molecular formula is C14H15NOS. The summed E-state index contributed by atoms with van der Waals surface area (Å²) < 4.78 is 0. The van der Waals surface area contributed by atoms with E-state index in [2.05, 4.69) is 5.32 Å².